The number of benzene rings is 2. The van der Waals surface area contributed by atoms with Crippen LogP contribution in [0.4, 0.5) is 11.5 Å². The molecule has 9 heteroatoms. The molecule has 0 spiro atoms. The Hall–Kier alpha value is -3.10. The molecule has 2 heterocycles. The van der Waals surface area contributed by atoms with Crippen molar-refractivity contribution in [3.05, 3.63) is 82.5 Å². The minimum Gasteiger partial charge on any atom is -0.352 e. The maximum absolute atomic E-state index is 13.3. The summed E-state index contributed by atoms with van der Waals surface area (Å²) in [5.41, 5.74) is 2.06. The normalized spacial score (nSPS) is 14.3. The van der Waals surface area contributed by atoms with Crippen LogP contribution in [-0.2, 0) is 10.0 Å². The van der Waals surface area contributed by atoms with Gasteiger partial charge in [0.2, 0.25) is 0 Å². The number of hydrogen-bond acceptors (Lipinski definition) is 5. The molecule has 1 saturated heterocycles. The first kappa shape index (κ1) is 23.1. The van der Waals surface area contributed by atoms with E-state index in [1.165, 1.54) is 0 Å². The van der Waals surface area contributed by atoms with Gasteiger partial charge >= 0.3 is 0 Å². The van der Waals surface area contributed by atoms with Crippen LogP contribution in [0.15, 0.2) is 65.7 Å². The number of anilines is 2. The summed E-state index contributed by atoms with van der Waals surface area (Å²) in [6.07, 6.45) is 1.69. The SMILES string of the molecule is Cc1ccc(C)c(S(=O)(=O)Nc2ccccc2C(=O)N2CCN(c3ncccc3Cl)CC2)c1. The number of hydrogen-bond donors (Lipinski definition) is 1. The minimum absolute atomic E-state index is 0.200. The first-order valence-corrected chi connectivity index (χ1v) is 12.5. The van der Waals surface area contributed by atoms with Crippen molar-refractivity contribution in [3.63, 3.8) is 0 Å². The lowest BCUT2D eigenvalue weighted by Gasteiger charge is -2.36. The molecule has 1 aromatic heterocycles. The fraction of sp³-hybridized carbons (Fsp3) is 0.250. The minimum atomic E-state index is -3.85. The molecule has 2 aromatic carbocycles. The van der Waals surface area contributed by atoms with Crippen LogP contribution < -0.4 is 9.62 Å². The van der Waals surface area contributed by atoms with Crippen LogP contribution in [0.1, 0.15) is 21.5 Å². The van der Waals surface area contributed by atoms with Gasteiger partial charge in [0.25, 0.3) is 15.9 Å². The Labute approximate surface area is 199 Å². The largest absolute Gasteiger partial charge is 0.352 e. The second-order valence-corrected chi connectivity index (χ2v) is 10.1. The zero-order valence-electron chi connectivity index (χ0n) is 18.5. The van der Waals surface area contributed by atoms with E-state index in [1.54, 1.807) is 66.6 Å². The molecule has 33 heavy (non-hydrogen) atoms. The predicted octanol–water partition coefficient (Wildman–Crippen LogP) is 4.12. The molecular formula is C24H25ClN4O3S. The Bertz CT molecular complexity index is 1290. The maximum Gasteiger partial charge on any atom is 0.262 e. The van der Waals surface area contributed by atoms with E-state index in [4.69, 9.17) is 11.6 Å². The zero-order chi connectivity index (χ0) is 23.6. The number of nitrogens with one attached hydrogen (secondary N) is 1. The summed E-state index contributed by atoms with van der Waals surface area (Å²) >= 11 is 6.26. The van der Waals surface area contributed by atoms with Gasteiger partial charge in [0.05, 0.1) is 21.2 Å². The van der Waals surface area contributed by atoms with Crippen LogP contribution in [0.25, 0.3) is 0 Å². The van der Waals surface area contributed by atoms with Gasteiger partial charge in [0.15, 0.2) is 0 Å². The van der Waals surface area contributed by atoms with Crippen molar-refractivity contribution in [2.45, 2.75) is 18.7 Å². The van der Waals surface area contributed by atoms with Crippen molar-refractivity contribution in [3.8, 4) is 0 Å². The van der Waals surface area contributed by atoms with Gasteiger partial charge in [-0.3, -0.25) is 9.52 Å². The molecule has 0 bridgehead atoms. The van der Waals surface area contributed by atoms with Crippen LogP contribution >= 0.6 is 11.6 Å². The number of carbonyl (C=O) groups is 1. The number of aromatic nitrogens is 1. The van der Waals surface area contributed by atoms with Crippen molar-refractivity contribution < 1.29 is 13.2 Å². The second kappa shape index (κ2) is 9.41. The molecule has 3 aromatic rings. The lowest BCUT2D eigenvalue weighted by atomic mass is 10.1. The first-order chi connectivity index (χ1) is 15.8. The summed E-state index contributed by atoms with van der Waals surface area (Å²) < 4.78 is 28.8. The third-order valence-corrected chi connectivity index (χ3v) is 7.44. The number of rotatable bonds is 5. The summed E-state index contributed by atoms with van der Waals surface area (Å²) in [6.45, 7) is 5.71. The van der Waals surface area contributed by atoms with Crippen molar-refractivity contribution in [2.24, 2.45) is 0 Å². The highest BCUT2D eigenvalue weighted by Gasteiger charge is 2.27. The first-order valence-electron chi connectivity index (χ1n) is 10.6. The highest BCUT2D eigenvalue weighted by molar-refractivity contribution is 7.92. The predicted molar refractivity (Wildman–Crippen MR) is 131 cm³/mol. The van der Waals surface area contributed by atoms with Gasteiger partial charge in [-0.15, -0.1) is 0 Å². The third-order valence-electron chi connectivity index (χ3n) is 5.64. The average molecular weight is 485 g/mol. The number of piperazine rings is 1. The highest BCUT2D eigenvalue weighted by Crippen LogP contribution is 2.26. The summed E-state index contributed by atoms with van der Waals surface area (Å²) in [7, 11) is -3.85. The smallest absolute Gasteiger partial charge is 0.262 e. The Balaban J connectivity index is 1.52. The lowest BCUT2D eigenvalue weighted by molar-refractivity contribution is 0.0747. The molecule has 0 saturated carbocycles. The van der Waals surface area contributed by atoms with E-state index in [1.807, 2.05) is 17.9 Å². The van der Waals surface area contributed by atoms with E-state index in [2.05, 4.69) is 9.71 Å². The molecule has 172 valence electrons. The van der Waals surface area contributed by atoms with Gasteiger partial charge in [-0.2, -0.15) is 0 Å². The topological polar surface area (TPSA) is 82.6 Å². The Morgan fingerprint density at radius 1 is 1.00 bits per heavy atom. The van der Waals surface area contributed by atoms with Crippen LogP contribution in [-0.4, -0.2) is 50.4 Å². The van der Waals surface area contributed by atoms with Crippen LogP contribution in [0.5, 0.6) is 0 Å². The van der Waals surface area contributed by atoms with Gasteiger partial charge < -0.3 is 9.80 Å². The Kier molecular flexibility index (Phi) is 6.58. The summed E-state index contributed by atoms with van der Waals surface area (Å²) in [5.74, 6) is 0.481. The number of carbonyl (C=O) groups excluding carboxylic acids is 1. The molecule has 7 nitrogen and oxygen atoms in total. The molecule has 1 amide bonds. The number of pyridine rings is 1. The number of aryl methyl sites for hydroxylation is 2. The number of nitrogens with zero attached hydrogens (tertiary/aromatic N) is 3. The standard InChI is InChI=1S/C24H25ClN4O3S/c1-17-9-10-18(2)22(16-17)33(31,32)27-21-8-4-3-6-19(21)24(30)29-14-12-28(13-15-29)23-20(25)7-5-11-26-23/h3-11,16,27H,12-15H2,1-2H3. The molecule has 1 aliphatic heterocycles. The molecule has 0 radical (unpaired) electrons. The fourth-order valence-corrected chi connectivity index (χ4v) is 5.51. The summed E-state index contributed by atoms with van der Waals surface area (Å²) in [4.78, 5) is 21.6. The monoisotopic (exact) mass is 484 g/mol. The molecule has 0 aliphatic carbocycles. The van der Waals surface area contributed by atoms with Crippen molar-refractivity contribution in [1.82, 2.24) is 9.88 Å². The number of amides is 1. The van der Waals surface area contributed by atoms with Gasteiger partial charge in [-0.05, 0) is 55.3 Å². The van der Waals surface area contributed by atoms with Crippen LogP contribution in [0.3, 0.4) is 0 Å². The van der Waals surface area contributed by atoms with Crippen molar-refractivity contribution >= 4 is 39.0 Å². The number of sulfonamides is 1. The van der Waals surface area contributed by atoms with Gasteiger partial charge in [0.1, 0.15) is 5.82 Å². The summed E-state index contributed by atoms with van der Waals surface area (Å²) in [5, 5.41) is 0.573. The average Bonchev–Trinajstić information content (AvgIpc) is 2.81. The number of para-hydroxylation sites is 1. The van der Waals surface area contributed by atoms with E-state index in [-0.39, 0.29) is 16.5 Å². The summed E-state index contributed by atoms with van der Waals surface area (Å²) in [6, 6.07) is 15.5. The maximum atomic E-state index is 13.3. The molecule has 4 rings (SSSR count). The second-order valence-electron chi connectivity index (χ2n) is 8.01. The Morgan fingerprint density at radius 2 is 1.73 bits per heavy atom. The lowest BCUT2D eigenvalue weighted by Crippen LogP contribution is -2.49. The van der Waals surface area contributed by atoms with Gasteiger partial charge in [-0.1, -0.05) is 35.9 Å². The van der Waals surface area contributed by atoms with E-state index >= 15 is 0 Å². The number of halogens is 1. The molecule has 1 fully saturated rings. The molecule has 1 N–H and O–H groups in total. The zero-order valence-corrected chi connectivity index (χ0v) is 20.0. The molecule has 0 unspecified atom stereocenters. The third kappa shape index (κ3) is 4.96. The van der Waals surface area contributed by atoms with E-state index < -0.39 is 10.0 Å². The molecule has 1 aliphatic rings. The van der Waals surface area contributed by atoms with Crippen LogP contribution in [0.2, 0.25) is 5.02 Å². The van der Waals surface area contributed by atoms with Crippen molar-refractivity contribution in [1.29, 1.82) is 0 Å². The molecular weight excluding hydrogens is 460 g/mol. The van der Waals surface area contributed by atoms with Gasteiger partial charge in [0, 0.05) is 32.4 Å². The van der Waals surface area contributed by atoms with Crippen molar-refractivity contribution in [2.75, 3.05) is 35.8 Å². The van der Waals surface area contributed by atoms with E-state index in [0.717, 1.165) is 5.56 Å². The van der Waals surface area contributed by atoms with Crippen LogP contribution in [0, 0.1) is 13.8 Å². The fourth-order valence-electron chi connectivity index (χ4n) is 3.86. The van der Waals surface area contributed by atoms with Gasteiger partial charge in [-0.25, -0.2) is 13.4 Å². The Morgan fingerprint density at radius 3 is 2.45 bits per heavy atom. The molecule has 0 atom stereocenters. The van der Waals surface area contributed by atoms with E-state index in [9.17, 15) is 13.2 Å². The van der Waals surface area contributed by atoms with E-state index in [0.29, 0.717) is 48.1 Å². The quantitative estimate of drug-likeness (QED) is 0.589. The highest BCUT2D eigenvalue weighted by atomic mass is 35.5.